The van der Waals surface area contributed by atoms with E-state index in [0.29, 0.717) is 50.6 Å². The number of piperidine rings is 1. The van der Waals surface area contributed by atoms with Crippen LogP contribution in [-0.4, -0.2) is 78.4 Å². The van der Waals surface area contributed by atoms with Crippen LogP contribution < -0.4 is 0 Å². The predicted octanol–water partition coefficient (Wildman–Crippen LogP) is 1.11. The molecule has 3 aliphatic rings. The lowest BCUT2D eigenvalue weighted by atomic mass is 9.91. The zero-order valence-electron chi connectivity index (χ0n) is 16.6. The van der Waals surface area contributed by atoms with Crippen molar-refractivity contribution in [1.82, 2.24) is 9.80 Å². The summed E-state index contributed by atoms with van der Waals surface area (Å²) >= 11 is 5.25. The molecule has 0 aromatic carbocycles. The van der Waals surface area contributed by atoms with E-state index in [1.54, 1.807) is 37.2 Å². The number of allylic oxidation sites excluding steroid dienone is 1. The van der Waals surface area contributed by atoms with Crippen molar-refractivity contribution in [1.29, 1.82) is 0 Å². The molecule has 0 bridgehead atoms. The lowest BCUT2D eigenvalue weighted by molar-refractivity contribution is -0.150. The topological polar surface area (TPSA) is 88.5 Å². The zero-order chi connectivity index (χ0) is 21.0. The minimum Gasteiger partial charge on any atom is -0.466 e. The normalized spacial score (nSPS) is 24.1. The lowest BCUT2D eigenvalue weighted by Crippen LogP contribution is -2.48. The number of carbonyl (C=O) groups is 3. The molecular formula is C20H25N3O5S. The third kappa shape index (κ3) is 4.62. The molecule has 2 heterocycles. The number of ether oxygens (including phenoxy) is 2. The fraction of sp³-hybridized carbons (Fsp3) is 0.550. The fourth-order valence-corrected chi connectivity index (χ4v) is 3.94. The summed E-state index contributed by atoms with van der Waals surface area (Å²) in [6.07, 6.45) is 6.42. The fourth-order valence-electron chi connectivity index (χ4n) is 3.66. The molecule has 0 aromatic rings. The van der Waals surface area contributed by atoms with Crippen LogP contribution in [0, 0.1) is 11.8 Å². The van der Waals surface area contributed by atoms with Crippen molar-refractivity contribution in [3.63, 3.8) is 0 Å². The number of likely N-dealkylation sites (tertiary alicyclic amines) is 1. The van der Waals surface area contributed by atoms with E-state index in [1.807, 2.05) is 0 Å². The van der Waals surface area contributed by atoms with Crippen LogP contribution in [0.1, 0.15) is 19.8 Å². The number of methoxy groups -OCH3 is 1. The summed E-state index contributed by atoms with van der Waals surface area (Å²) in [5, 5.41) is 0.178. The molecule has 0 N–H and O–H groups in total. The molecular weight excluding hydrogens is 394 g/mol. The Morgan fingerprint density at radius 3 is 2.90 bits per heavy atom. The molecule has 1 aliphatic carbocycles. The van der Waals surface area contributed by atoms with Gasteiger partial charge in [0.1, 0.15) is 0 Å². The summed E-state index contributed by atoms with van der Waals surface area (Å²) in [6, 6.07) is 0. The summed E-state index contributed by atoms with van der Waals surface area (Å²) < 4.78 is 10.1. The van der Waals surface area contributed by atoms with Crippen molar-refractivity contribution >= 4 is 40.8 Å². The minimum absolute atomic E-state index is 0.170. The molecule has 29 heavy (non-hydrogen) atoms. The Labute approximate surface area is 175 Å². The maximum atomic E-state index is 13.0. The molecule has 0 spiro atoms. The Bertz CT molecular complexity index is 804. The summed E-state index contributed by atoms with van der Waals surface area (Å²) in [5.74, 6) is -1.47. The van der Waals surface area contributed by atoms with E-state index in [2.05, 4.69) is 4.99 Å². The molecule has 1 fully saturated rings. The van der Waals surface area contributed by atoms with Gasteiger partial charge in [0, 0.05) is 25.8 Å². The van der Waals surface area contributed by atoms with Gasteiger partial charge in [0.2, 0.25) is 11.0 Å². The van der Waals surface area contributed by atoms with Crippen LogP contribution in [0.15, 0.2) is 28.8 Å². The van der Waals surface area contributed by atoms with Crippen LogP contribution in [0.2, 0.25) is 0 Å². The van der Waals surface area contributed by atoms with Crippen molar-refractivity contribution in [2.75, 3.05) is 40.0 Å². The van der Waals surface area contributed by atoms with Gasteiger partial charge >= 0.3 is 5.97 Å². The second-order valence-corrected chi connectivity index (χ2v) is 7.45. The maximum Gasteiger partial charge on any atom is 0.310 e. The maximum absolute atomic E-state index is 13.0. The second kappa shape index (κ2) is 9.41. The summed E-state index contributed by atoms with van der Waals surface area (Å²) in [4.78, 5) is 45.2. The van der Waals surface area contributed by atoms with E-state index in [1.165, 1.54) is 4.90 Å². The summed E-state index contributed by atoms with van der Waals surface area (Å²) in [6.45, 7) is 3.72. The standard InChI is InChI=1S/C20H25N3O5S/c1-3-28-19(26)14-5-4-8-22(12-14)17(24)13-6-7-15-16(11-13)21-20(29)23(18(15)25)9-10-27-2/h6-7,11,14-15H,3-5,8-10,12H2,1-2H3. The van der Waals surface area contributed by atoms with Gasteiger partial charge in [-0.05, 0) is 38.1 Å². The van der Waals surface area contributed by atoms with E-state index in [4.69, 9.17) is 21.7 Å². The molecule has 2 aliphatic heterocycles. The highest BCUT2D eigenvalue weighted by Crippen LogP contribution is 2.25. The van der Waals surface area contributed by atoms with Crippen molar-refractivity contribution in [3.8, 4) is 0 Å². The Hall–Kier alpha value is -2.39. The largest absolute Gasteiger partial charge is 0.466 e. The first-order chi connectivity index (χ1) is 14.0. The molecule has 1 saturated heterocycles. The molecule has 2 unspecified atom stereocenters. The van der Waals surface area contributed by atoms with Crippen LogP contribution in [0.4, 0.5) is 0 Å². The predicted molar refractivity (Wildman–Crippen MR) is 110 cm³/mol. The third-order valence-corrected chi connectivity index (χ3v) is 5.48. The van der Waals surface area contributed by atoms with E-state index < -0.39 is 5.92 Å². The van der Waals surface area contributed by atoms with Gasteiger partial charge < -0.3 is 14.4 Å². The number of aliphatic imine (C=N–C) groups is 1. The Morgan fingerprint density at radius 1 is 1.38 bits per heavy atom. The molecule has 0 saturated carbocycles. The second-order valence-electron chi connectivity index (χ2n) is 7.08. The van der Waals surface area contributed by atoms with E-state index in [9.17, 15) is 14.4 Å². The number of fused-ring (bicyclic) bond motifs is 1. The number of esters is 1. The average molecular weight is 420 g/mol. The van der Waals surface area contributed by atoms with Crippen LogP contribution in [-0.2, 0) is 23.9 Å². The number of hydrogen-bond donors (Lipinski definition) is 0. The van der Waals surface area contributed by atoms with Gasteiger partial charge in [0.05, 0.1) is 37.3 Å². The van der Waals surface area contributed by atoms with E-state index in [-0.39, 0.29) is 28.8 Å². The van der Waals surface area contributed by atoms with Crippen molar-refractivity contribution in [2.24, 2.45) is 16.8 Å². The molecule has 156 valence electrons. The first kappa shape index (κ1) is 21.3. The first-order valence-corrected chi connectivity index (χ1v) is 10.2. The van der Waals surface area contributed by atoms with Crippen LogP contribution >= 0.6 is 12.2 Å². The lowest BCUT2D eigenvalue weighted by Gasteiger charge is -2.33. The van der Waals surface area contributed by atoms with Crippen LogP contribution in [0.3, 0.4) is 0 Å². The number of amides is 2. The highest BCUT2D eigenvalue weighted by Gasteiger charge is 2.36. The Kier molecular flexibility index (Phi) is 6.92. The van der Waals surface area contributed by atoms with Gasteiger partial charge in [0.25, 0.3) is 5.91 Å². The monoisotopic (exact) mass is 419 g/mol. The number of nitrogens with zero attached hydrogens (tertiary/aromatic N) is 3. The molecule has 0 radical (unpaired) electrons. The SMILES string of the molecule is CCOC(=O)C1CCCN(C(=O)C2=CC3=NC(=S)N(CCOC)C(=O)C3C=C2)C1. The number of hydrogen-bond acceptors (Lipinski definition) is 6. The van der Waals surface area contributed by atoms with Gasteiger partial charge in [-0.2, -0.15) is 0 Å². The molecule has 3 rings (SSSR count). The Morgan fingerprint density at radius 2 is 2.17 bits per heavy atom. The number of carbonyl (C=O) groups excluding carboxylic acids is 3. The minimum atomic E-state index is -0.552. The number of thiocarbonyl (C=S) groups is 1. The van der Waals surface area contributed by atoms with Gasteiger partial charge in [-0.1, -0.05) is 12.2 Å². The molecule has 2 atom stereocenters. The van der Waals surface area contributed by atoms with Crippen LogP contribution in [0.5, 0.6) is 0 Å². The van der Waals surface area contributed by atoms with Crippen molar-refractivity contribution in [2.45, 2.75) is 19.8 Å². The van der Waals surface area contributed by atoms with E-state index in [0.717, 1.165) is 6.42 Å². The van der Waals surface area contributed by atoms with E-state index >= 15 is 0 Å². The molecule has 2 amide bonds. The zero-order valence-corrected chi connectivity index (χ0v) is 17.4. The smallest absolute Gasteiger partial charge is 0.310 e. The summed E-state index contributed by atoms with van der Waals surface area (Å²) in [5.41, 5.74) is 0.906. The number of rotatable bonds is 6. The van der Waals surface area contributed by atoms with Crippen molar-refractivity contribution < 1.29 is 23.9 Å². The van der Waals surface area contributed by atoms with Gasteiger partial charge in [-0.25, -0.2) is 4.99 Å². The molecule has 9 heteroatoms. The third-order valence-electron chi connectivity index (χ3n) is 5.17. The van der Waals surface area contributed by atoms with Crippen molar-refractivity contribution in [3.05, 3.63) is 23.8 Å². The van der Waals surface area contributed by atoms with Crippen LogP contribution in [0.25, 0.3) is 0 Å². The van der Waals surface area contributed by atoms with Gasteiger partial charge in [-0.3, -0.25) is 19.3 Å². The highest BCUT2D eigenvalue weighted by molar-refractivity contribution is 7.80. The summed E-state index contributed by atoms with van der Waals surface area (Å²) in [7, 11) is 1.56. The van der Waals surface area contributed by atoms with Gasteiger partial charge in [-0.15, -0.1) is 0 Å². The first-order valence-electron chi connectivity index (χ1n) is 9.75. The highest BCUT2D eigenvalue weighted by atomic mass is 32.1. The Balaban J connectivity index is 1.73. The molecule has 8 nitrogen and oxygen atoms in total. The average Bonchev–Trinajstić information content (AvgIpc) is 2.73. The van der Waals surface area contributed by atoms with Gasteiger partial charge in [0.15, 0.2) is 0 Å². The quantitative estimate of drug-likeness (QED) is 0.474. The molecule has 0 aromatic heterocycles.